The summed E-state index contributed by atoms with van der Waals surface area (Å²) in [5.41, 5.74) is -4.99. The third kappa shape index (κ3) is 3.00. The molecule has 4 nitrogen and oxygen atoms in total. The molecule has 0 bridgehead atoms. The summed E-state index contributed by atoms with van der Waals surface area (Å²) in [6.45, 7) is 0. The van der Waals surface area contributed by atoms with Crippen LogP contribution in [0.1, 0.15) is 15.9 Å². The minimum absolute atomic E-state index is 0.0721. The zero-order valence-electron chi connectivity index (χ0n) is 8.97. The fraction of sp³-hybridized carbons (Fsp3) is 0.222. The molecule has 0 unspecified atom stereocenters. The number of nitro groups is 1. The maximum Gasteiger partial charge on any atom is 0.455 e. The van der Waals surface area contributed by atoms with E-state index in [0.717, 1.165) is 0 Å². The number of hydrogen-bond donors (Lipinski definition) is 0. The zero-order chi connectivity index (χ0) is 15.9. The van der Waals surface area contributed by atoms with Gasteiger partial charge in [0.1, 0.15) is 10.6 Å². The van der Waals surface area contributed by atoms with Crippen LogP contribution in [0.4, 0.5) is 32.0 Å². The molecule has 1 rings (SSSR count). The lowest BCUT2D eigenvalue weighted by Gasteiger charge is -2.11. The van der Waals surface area contributed by atoms with E-state index in [4.69, 9.17) is 11.6 Å². The molecule has 0 aliphatic carbocycles. The van der Waals surface area contributed by atoms with Gasteiger partial charge in [0.2, 0.25) is 0 Å². The van der Waals surface area contributed by atoms with Crippen molar-refractivity contribution in [2.45, 2.75) is 12.4 Å². The number of alkyl halides is 6. The van der Waals surface area contributed by atoms with Crippen molar-refractivity contribution >= 4 is 23.1 Å². The van der Waals surface area contributed by atoms with Crippen molar-refractivity contribution in [1.82, 2.24) is 0 Å². The molecule has 0 atom stereocenters. The summed E-state index contributed by atoms with van der Waals surface area (Å²) in [6, 6.07) is 0.150. The fourth-order valence-corrected chi connectivity index (χ4v) is 1.64. The van der Waals surface area contributed by atoms with Crippen LogP contribution in [-0.2, 0) is 6.18 Å². The van der Waals surface area contributed by atoms with Gasteiger partial charge >= 0.3 is 12.4 Å². The average molecular weight is 322 g/mol. The van der Waals surface area contributed by atoms with Gasteiger partial charge in [0.25, 0.3) is 11.5 Å². The normalized spacial score (nSPS) is 12.3. The highest BCUT2D eigenvalue weighted by atomic mass is 35.5. The number of rotatable bonds is 2. The molecule has 0 saturated heterocycles. The monoisotopic (exact) mass is 321 g/mol. The van der Waals surface area contributed by atoms with Gasteiger partial charge in [-0.2, -0.15) is 26.3 Å². The van der Waals surface area contributed by atoms with E-state index in [2.05, 4.69) is 0 Å². The van der Waals surface area contributed by atoms with Crippen molar-refractivity contribution < 1.29 is 36.1 Å². The Labute approximate surface area is 111 Å². The minimum atomic E-state index is -5.48. The van der Waals surface area contributed by atoms with E-state index in [-0.39, 0.29) is 12.1 Å². The molecule has 1 aromatic rings. The van der Waals surface area contributed by atoms with Crippen molar-refractivity contribution in [1.29, 1.82) is 0 Å². The molecular weight excluding hydrogens is 320 g/mol. The first-order valence-electron chi connectivity index (χ1n) is 4.53. The maximum absolute atomic E-state index is 12.4. The van der Waals surface area contributed by atoms with Gasteiger partial charge in [-0.1, -0.05) is 11.6 Å². The molecule has 0 spiro atoms. The molecule has 0 amide bonds. The summed E-state index contributed by atoms with van der Waals surface area (Å²) < 4.78 is 74.0. The van der Waals surface area contributed by atoms with Crippen LogP contribution in [-0.4, -0.2) is 16.9 Å². The van der Waals surface area contributed by atoms with Crippen LogP contribution in [0.25, 0.3) is 0 Å². The number of nitro benzene ring substituents is 1. The van der Waals surface area contributed by atoms with Crippen LogP contribution in [0.5, 0.6) is 0 Å². The number of ketones is 1. The van der Waals surface area contributed by atoms with Crippen molar-refractivity contribution in [3.8, 4) is 0 Å². The molecule has 11 heteroatoms. The summed E-state index contributed by atoms with van der Waals surface area (Å²) in [6.07, 6.45) is -10.6. The first kappa shape index (κ1) is 16.2. The molecule has 0 radical (unpaired) electrons. The molecule has 0 heterocycles. The second-order valence-electron chi connectivity index (χ2n) is 3.41. The number of halogens is 7. The van der Waals surface area contributed by atoms with Gasteiger partial charge in [-0.15, -0.1) is 0 Å². The van der Waals surface area contributed by atoms with Crippen LogP contribution in [0.3, 0.4) is 0 Å². The summed E-state index contributed by atoms with van der Waals surface area (Å²) >= 11 is 5.11. The van der Waals surface area contributed by atoms with Crippen LogP contribution in [0, 0.1) is 10.1 Å². The Balaban J connectivity index is 3.63. The standard InChI is InChI=1S/C9H2ClF6NO3/c10-5-4(8(11,12)13)2-1-3(6(5)17(19)20)7(18)9(14,15)16/h1-2H. The van der Waals surface area contributed by atoms with E-state index in [1.807, 2.05) is 0 Å². The molecule has 1 aromatic carbocycles. The maximum atomic E-state index is 12.4. The van der Waals surface area contributed by atoms with Crippen LogP contribution in [0.15, 0.2) is 12.1 Å². The molecule has 110 valence electrons. The third-order valence-electron chi connectivity index (χ3n) is 2.11. The molecule has 0 saturated carbocycles. The first-order chi connectivity index (χ1) is 8.87. The summed E-state index contributed by atoms with van der Waals surface area (Å²) in [7, 11) is 0. The van der Waals surface area contributed by atoms with Crippen LogP contribution < -0.4 is 0 Å². The molecule has 0 N–H and O–H groups in total. The first-order valence-corrected chi connectivity index (χ1v) is 4.90. The molecule has 0 fully saturated rings. The summed E-state index contributed by atoms with van der Waals surface area (Å²) in [5, 5.41) is 9.02. The number of hydrogen-bond acceptors (Lipinski definition) is 3. The lowest BCUT2D eigenvalue weighted by atomic mass is 10.0. The summed E-state index contributed by atoms with van der Waals surface area (Å²) in [4.78, 5) is 19.9. The molecule has 0 aliphatic rings. The Morgan fingerprint density at radius 1 is 1.15 bits per heavy atom. The number of Topliss-reactive ketones (excluding diaryl/α,β-unsaturated/α-hetero) is 1. The van der Waals surface area contributed by atoms with Gasteiger partial charge in [0.05, 0.1) is 10.5 Å². The van der Waals surface area contributed by atoms with Crippen molar-refractivity contribution in [2.24, 2.45) is 0 Å². The lowest BCUT2D eigenvalue weighted by molar-refractivity contribution is -0.385. The highest BCUT2D eigenvalue weighted by molar-refractivity contribution is 6.34. The van der Waals surface area contributed by atoms with E-state index in [1.165, 1.54) is 0 Å². The third-order valence-corrected chi connectivity index (χ3v) is 2.49. The Morgan fingerprint density at radius 2 is 1.65 bits per heavy atom. The van der Waals surface area contributed by atoms with Gasteiger partial charge in [0, 0.05) is 0 Å². The Kier molecular flexibility index (Phi) is 3.99. The highest BCUT2D eigenvalue weighted by Crippen LogP contribution is 2.42. The predicted molar refractivity (Wildman–Crippen MR) is 53.5 cm³/mol. The number of carbonyl (C=O) groups excluding carboxylic acids is 1. The van der Waals surface area contributed by atoms with Crippen molar-refractivity contribution in [3.63, 3.8) is 0 Å². The second-order valence-corrected chi connectivity index (χ2v) is 3.78. The minimum Gasteiger partial charge on any atom is -0.284 e. The molecular formula is C9H2ClF6NO3. The molecule has 20 heavy (non-hydrogen) atoms. The molecule has 0 aliphatic heterocycles. The lowest BCUT2D eigenvalue weighted by Crippen LogP contribution is -2.24. The second kappa shape index (κ2) is 4.93. The van der Waals surface area contributed by atoms with Crippen LogP contribution >= 0.6 is 11.6 Å². The molecule has 0 aromatic heterocycles. The Morgan fingerprint density at radius 3 is 2.00 bits per heavy atom. The van der Waals surface area contributed by atoms with Crippen molar-refractivity contribution in [3.05, 3.63) is 38.4 Å². The van der Waals surface area contributed by atoms with Gasteiger partial charge in [-0.3, -0.25) is 14.9 Å². The van der Waals surface area contributed by atoms with Gasteiger partial charge in [-0.05, 0) is 12.1 Å². The van der Waals surface area contributed by atoms with Crippen LogP contribution in [0.2, 0.25) is 5.02 Å². The Hall–Kier alpha value is -1.84. The van der Waals surface area contributed by atoms with Gasteiger partial charge in [0.15, 0.2) is 0 Å². The fourth-order valence-electron chi connectivity index (χ4n) is 1.30. The van der Waals surface area contributed by atoms with Gasteiger partial charge < -0.3 is 0 Å². The SMILES string of the molecule is O=C(c1ccc(C(F)(F)F)c(Cl)c1[N+](=O)[O-])C(F)(F)F. The zero-order valence-corrected chi connectivity index (χ0v) is 9.73. The number of nitrogens with zero attached hydrogens (tertiary/aromatic N) is 1. The van der Waals surface area contributed by atoms with E-state index >= 15 is 0 Å². The van der Waals surface area contributed by atoms with Gasteiger partial charge in [-0.25, -0.2) is 0 Å². The smallest absolute Gasteiger partial charge is 0.284 e. The number of carbonyl (C=O) groups is 1. The van der Waals surface area contributed by atoms with E-state index < -0.39 is 44.9 Å². The van der Waals surface area contributed by atoms with Crippen molar-refractivity contribution in [2.75, 3.05) is 0 Å². The quantitative estimate of drug-likeness (QED) is 0.358. The number of benzene rings is 1. The largest absolute Gasteiger partial charge is 0.455 e. The highest BCUT2D eigenvalue weighted by Gasteiger charge is 2.45. The van der Waals surface area contributed by atoms with E-state index in [9.17, 15) is 41.3 Å². The van der Waals surface area contributed by atoms with E-state index in [0.29, 0.717) is 0 Å². The summed E-state index contributed by atoms with van der Waals surface area (Å²) in [5.74, 6) is -2.65. The Bertz CT molecular complexity index is 580. The van der Waals surface area contributed by atoms with E-state index in [1.54, 1.807) is 0 Å². The predicted octanol–water partition coefficient (Wildman–Crippen LogP) is 4.01. The topological polar surface area (TPSA) is 60.2 Å². The average Bonchev–Trinajstić information content (AvgIpc) is 2.23.